The van der Waals surface area contributed by atoms with Gasteiger partial charge in [0.05, 0.1) is 18.6 Å². The van der Waals surface area contributed by atoms with Crippen LogP contribution < -0.4 is 15.8 Å². The number of amidine groups is 1. The van der Waals surface area contributed by atoms with Crippen molar-refractivity contribution >= 4 is 23.6 Å². The van der Waals surface area contributed by atoms with Crippen molar-refractivity contribution in [1.29, 1.82) is 5.41 Å². The second-order valence-corrected chi connectivity index (χ2v) is 6.75. The van der Waals surface area contributed by atoms with Crippen LogP contribution in [0.2, 0.25) is 0 Å². The molecular weight excluding hydrogens is 364 g/mol. The summed E-state index contributed by atoms with van der Waals surface area (Å²) in [5.74, 6) is -1.81. The summed E-state index contributed by atoms with van der Waals surface area (Å²) in [6.07, 6.45) is 1.11. The highest BCUT2D eigenvalue weighted by molar-refractivity contribution is 6.35. The Hall–Kier alpha value is -3.10. The van der Waals surface area contributed by atoms with Crippen LogP contribution in [-0.4, -0.2) is 58.9 Å². The van der Waals surface area contributed by atoms with E-state index in [-0.39, 0.29) is 12.3 Å². The number of aliphatic carboxylic acids is 1. The lowest BCUT2D eigenvalue weighted by molar-refractivity contribution is -0.156. The van der Waals surface area contributed by atoms with Crippen LogP contribution in [-0.2, 0) is 14.4 Å². The Balaban J connectivity index is 2.02. The molecule has 152 valence electrons. The summed E-state index contributed by atoms with van der Waals surface area (Å²) in [5.41, 5.74) is 5.08. The van der Waals surface area contributed by atoms with Gasteiger partial charge in [-0.3, -0.25) is 19.8 Å². The Morgan fingerprint density at radius 3 is 2.61 bits per heavy atom. The number of ether oxygens (including phenoxy) is 1. The van der Waals surface area contributed by atoms with Gasteiger partial charge in [-0.05, 0) is 43.5 Å². The van der Waals surface area contributed by atoms with E-state index in [2.05, 4.69) is 5.32 Å². The van der Waals surface area contributed by atoms with Gasteiger partial charge in [0.2, 0.25) is 0 Å². The number of nitrogens with one attached hydrogen (secondary N) is 2. The summed E-state index contributed by atoms with van der Waals surface area (Å²) in [6.45, 7) is 2.75. The quantitative estimate of drug-likeness (QED) is 0.200. The average molecular weight is 390 g/mol. The lowest BCUT2D eigenvalue weighted by atomic mass is 9.84. The van der Waals surface area contributed by atoms with E-state index in [1.54, 1.807) is 24.3 Å². The average Bonchev–Trinajstić information content (AvgIpc) is 2.66. The van der Waals surface area contributed by atoms with Crippen LogP contribution in [0, 0.1) is 5.41 Å². The molecule has 1 aliphatic heterocycles. The standard InChI is InChI=1S/C19H26N4O5/c1-2-19(12-15(24)25,23-10-9-22-17(26)18(23)27)8-3-11-28-14-6-4-13(5-7-14)16(20)21/h4-7H,2-3,8-12H2,1H3,(H3,20,21)(H,22,26)(H,24,25). The maximum atomic E-state index is 12.3. The Kier molecular flexibility index (Phi) is 6.97. The molecule has 28 heavy (non-hydrogen) atoms. The maximum Gasteiger partial charge on any atom is 0.312 e. The molecule has 0 spiro atoms. The summed E-state index contributed by atoms with van der Waals surface area (Å²) in [4.78, 5) is 36.9. The third kappa shape index (κ3) is 4.99. The molecule has 1 aromatic rings. The molecular formula is C19H26N4O5. The fraction of sp³-hybridized carbons (Fsp3) is 0.474. The number of carboxylic acid groups (broad SMARTS) is 1. The molecule has 0 radical (unpaired) electrons. The number of nitrogens with zero attached hydrogens (tertiary/aromatic N) is 1. The number of hydrogen-bond donors (Lipinski definition) is 4. The molecule has 0 aromatic heterocycles. The van der Waals surface area contributed by atoms with E-state index in [4.69, 9.17) is 15.9 Å². The zero-order valence-electron chi connectivity index (χ0n) is 15.9. The van der Waals surface area contributed by atoms with Crippen molar-refractivity contribution in [3.8, 4) is 5.75 Å². The molecule has 9 nitrogen and oxygen atoms in total. The molecule has 2 amide bonds. The van der Waals surface area contributed by atoms with E-state index in [0.717, 1.165) is 0 Å². The molecule has 1 heterocycles. The molecule has 9 heteroatoms. The third-order valence-electron chi connectivity index (χ3n) is 4.99. The fourth-order valence-corrected chi connectivity index (χ4v) is 3.45. The van der Waals surface area contributed by atoms with Crippen molar-refractivity contribution in [3.05, 3.63) is 29.8 Å². The SMILES string of the molecule is CCC(CCCOc1ccc(C(=N)N)cc1)(CC(=O)O)N1CCNC(=O)C1=O. The summed E-state index contributed by atoms with van der Waals surface area (Å²) in [6, 6.07) is 6.78. The lowest BCUT2D eigenvalue weighted by Gasteiger charge is -2.44. The van der Waals surface area contributed by atoms with Gasteiger partial charge in [0.15, 0.2) is 0 Å². The monoisotopic (exact) mass is 390 g/mol. The van der Waals surface area contributed by atoms with Gasteiger partial charge < -0.3 is 25.8 Å². The Morgan fingerprint density at radius 2 is 2.04 bits per heavy atom. The van der Waals surface area contributed by atoms with Gasteiger partial charge >= 0.3 is 17.8 Å². The molecule has 1 aromatic carbocycles. The van der Waals surface area contributed by atoms with Crippen molar-refractivity contribution in [2.45, 2.75) is 38.1 Å². The van der Waals surface area contributed by atoms with Crippen molar-refractivity contribution < 1.29 is 24.2 Å². The number of benzene rings is 1. The fourth-order valence-electron chi connectivity index (χ4n) is 3.45. The summed E-state index contributed by atoms with van der Waals surface area (Å²) in [5, 5.41) is 19.2. The highest BCUT2D eigenvalue weighted by atomic mass is 16.5. The number of piperazine rings is 1. The molecule has 1 aliphatic rings. The van der Waals surface area contributed by atoms with Crippen molar-refractivity contribution in [3.63, 3.8) is 0 Å². The largest absolute Gasteiger partial charge is 0.494 e. The first-order valence-electron chi connectivity index (χ1n) is 9.18. The molecule has 1 atom stereocenters. The number of carboxylic acids is 1. The number of hydrogen-bond acceptors (Lipinski definition) is 5. The minimum Gasteiger partial charge on any atom is -0.494 e. The van der Waals surface area contributed by atoms with Gasteiger partial charge in [-0.15, -0.1) is 0 Å². The molecule has 1 saturated heterocycles. The number of carbonyl (C=O) groups is 3. The van der Waals surface area contributed by atoms with Gasteiger partial charge in [-0.1, -0.05) is 6.92 Å². The zero-order valence-corrected chi connectivity index (χ0v) is 15.9. The van der Waals surface area contributed by atoms with E-state index in [9.17, 15) is 19.5 Å². The first kappa shape index (κ1) is 21.2. The number of nitrogens with two attached hydrogens (primary N) is 1. The van der Waals surface area contributed by atoms with Crippen LogP contribution in [0.1, 0.15) is 38.2 Å². The van der Waals surface area contributed by atoms with Crippen LogP contribution in [0.4, 0.5) is 0 Å². The topological polar surface area (TPSA) is 146 Å². The first-order chi connectivity index (χ1) is 13.3. The minimum atomic E-state index is -1.01. The highest BCUT2D eigenvalue weighted by Gasteiger charge is 2.43. The lowest BCUT2D eigenvalue weighted by Crippen LogP contribution is -2.62. The Morgan fingerprint density at radius 1 is 1.36 bits per heavy atom. The first-order valence-corrected chi connectivity index (χ1v) is 9.18. The number of carbonyl (C=O) groups excluding carboxylic acids is 2. The maximum absolute atomic E-state index is 12.3. The molecule has 0 bridgehead atoms. The van der Waals surface area contributed by atoms with Gasteiger partial charge in [0.25, 0.3) is 0 Å². The van der Waals surface area contributed by atoms with E-state index < -0.39 is 23.3 Å². The number of amides is 2. The Labute approximate surface area is 163 Å². The minimum absolute atomic E-state index is 0.0248. The van der Waals surface area contributed by atoms with Crippen molar-refractivity contribution in [1.82, 2.24) is 10.2 Å². The van der Waals surface area contributed by atoms with E-state index in [1.165, 1.54) is 4.90 Å². The Bertz CT molecular complexity index is 749. The summed E-state index contributed by atoms with van der Waals surface area (Å²) in [7, 11) is 0. The zero-order chi connectivity index (χ0) is 20.7. The second kappa shape index (κ2) is 9.20. The van der Waals surface area contributed by atoms with Crippen molar-refractivity contribution in [2.75, 3.05) is 19.7 Å². The second-order valence-electron chi connectivity index (χ2n) is 6.75. The van der Waals surface area contributed by atoms with E-state index in [0.29, 0.717) is 50.3 Å². The van der Waals surface area contributed by atoms with Gasteiger partial charge in [-0.2, -0.15) is 0 Å². The van der Waals surface area contributed by atoms with Crippen LogP contribution in [0.3, 0.4) is 0 Å². The van der Waals surface area contributed by atoms with Crippen LogP contribution in [0.5, 0.6) is 5.75 Å². The molecule has 0 saturated carbocycles. The highest BCUT2D eigenvalue weighted by Crippen LogP contribution is 2.31. The summed E-state index contributed by atoms with van der Waals surface area (Å²) < 4.78 is 5.68. The predicted octanol–water partition coefficient (Wildman–Crippen LogP) is 0.712. The van der Waals surface area contributed by atoms with E-state index in [1.807, 2.05) is 6.92 Å². The third-order valence-corrected chi connectivity index (χ3v) is 4.99. The van der Waals surface area contributed by atoms with Gasteiger partial charge in [0, 0.05) is 18.7 Å². The van der Waals surface area contributed by atoms with Crippen LogP contribution in [0.15, 0.2) is 24.3 Å². The number of rotatable bonds is 10. The molecule has 2 rings (SSSR count). The van der Waals surface area contributed by atoms with Crippen LogP contribution in [0.25, 0.3) is 0 Å². The smallest absolute Gasteiger partial charge is 0.312 e. The molecule has 5 N–H and O–H groups in total. The van der Waals surface area contributed by atoms with Gasteiger partial charge in [-0.25, -0.2) is 0 Å². The van der Waals surface area contributed by atoms with Gasteiger partial charge in [0.1, 0.15) is 11.6 Å². The molecule has 1 unspecified atom stereocenters. The van der Waals surface area contributed by atoms with Crippen LogP contribution >= 0.6 is 0 Å². The molecule has 1 fully saturated rings. The predicted molar refractivity (Wildman–Crippen MR) is 102 cm³/mol. The van der Waals surface area contributed by atoms with Crippen molar-refractivity contribution in [2.24, 2.45) is 5.73 Å². The summed E-state index contributed by atoms with van der Waals surface area (Å²) >= 11 is 0. The molecule has 0 aliphatic carbocycles. The normalized spacial score (nSPS) is 16.2. The number of nitrogen functional groups attached to an aromatic ring is 1. The van der Waals surface area contributed by atoms with E-state index >= 15 is 0 Å².